The number of para-hydroxylation sites is 2. The fraction of sp³-hybridized carbons (Fsp3) is 0.100. The van der Waals surface area contributed by atoms with Crippen LogP contribution in [0.25, 0.3) is 0 Å². The Labute approximate surface area is 135 Å². The van der Waals surface area contributed by atoms with Crippen LogP contribution in [0.1, 0.15) is 22.6 Å². The van der Waals surface area contributed by atoms with E-state index in [0.29, 0.717) is 6.42 Å². The smallest absolute Gasteiger partial charge is 0.119 e. The standard InChI is InChI=1S/C20H18O3/c21-16-11-9-14(10-12-16)18(17-6-2-4-8-20(17)23)13-15-5-1-3-7-19(15)22/h1-12,18,21-23H,13H2. The van der Waals surface area contributed by atoms with Gasteiger partial charge in [0.2, 0.25) is 0 Å². The molecule has 0 aliphatic rings. The summed E-state index contributed by atoms with van der Waals surface area (Å²) >= 11 is 0. The molecular formula is C20H18O3. The number of hydrogen-bond acceptors (Lipinski definition) is 3. The highest BCUT2D eigenvalue weighted by Crippen LogP contribution is 2.36. The zero-order valence-electron chi connectivity index (χ0n) is 12.6. The van der Waals surface area contributed by atoms with Gasteiger partial charge in [-0.15, -0.1) is 0 Å². The van der Waals surface area contributed by atoms with E-state index in [9.17, 15) is 15.3 Å². The van der Waals surface area contributed by atoms with Crippen LogP contribution < -0.4 is 0 Å². The molecule has 0 spiro atoms. The third-order valence-electron chi connectivity index (χ3n) is 4.02. The highest BCUT2D eigenvalue weighted by Gasteiger charge is 2.19. The molecule has 0 amide bonds. The zero-order chi connectivity index (χ0) is 16.2. The molecule has 0 saturated carbocycles. The quantitative estimate of drug-likeness (QED) is 0.677. The maximum absolute atomic E-state index is 10.2. The van der Waals surface area contributed by atoms with Gasteiger partial charge in [0.1, 0.15) is 17.2 Å². The lowest BCUT2D eigenvalue weighted by Crippen LogP contribution is -2.05. The summed E-state index contributed by atoms with van der Waals surface area (Å²) in [5.74, 6) is 0.546. The fourth-order valence-electron chi connectivity index (χ4n) is 2.80. The second kappa shape index (κ2) is 6.44. The molecule has 1 atom stereocenters. The lowest BCUT2D eigenvalue weighted by molar-refractivity contribution is 0.457. The van der Waals surface area contributed by atoms with Gasteiger partial charge in [0.05, 0.1) is 0 Å². The van der Waals surface area contributed by atoms with Crippen LogP contribution in [0.5, 0.6) is 17.2 Å². The molecular weight excluding hydrogens is 288 g/mol. The molecule has 0 heterocycles. The highest BCUT2D eigenvalue weighted by atomic mass is 16.3. The molecule has 3 nitrogen and oxygen atoms in total. The van der Waals surface area contributed by atoms with Gasteiger partial charge in [-0.1, -0.05) is 48.5 Å². The van der Waals surface area contributed by atoms with E-state index in [4.69, 9.17) is 0 Å². The number of phenols is 3. The zero-order valence-corrected chi connectivity index (χ0v) is 12.6. The van der Waals surface area contributed by atoms with Gasteiger partial charge in [-0.3, -0.25) is 0 Å². The Morgan fingerprint density at radius 1 is 0.652 bits per heavy atom. The van der Waals surface area contributed by atoms with Gasteiger partial charge >= 0.3 is 0 Å². The van der Waals surface area contributed by atoms with Crippen molar-refractivity contribution in [3.8, 4) is 17.2 Å². The molecule has 0 aromatic heterocycles. The lowest BCUT2D eigenvalue weighted by atomic mass is 9.85. The second-order valence-corrected chi connectivity index (χ2v) is 5.54. The minimum Gasteiger partial charge on any atom is -0.508 e. The lowest BCUT2D eigenvalue weighted by Gasteiger charge is -2.20. The first-order chi connectivity index (χ1) is 11.1. The van der Waals surface area contributed by atoms with Gasteiger partial charge in [-0.2, -0.15) is 0 Å². The van der Waals surface area contributed by atoms with Crippen molar-refractivity contribution in [2.24, 2.45) is 0 Å². The normalized spacial score (nSPS) is 12.0. The van der Waals surface area contributed by atoms with Crippen LogP contribution in [0.2, 0.25) is 0 Å². The summed E-state index contributed by atoms with van der Waals surface area (Å²) < 4.78 is 0. The van der Waals surface area contributed by atoms with Crippen molar-refractivity contribution >= 4 is 0 Å². The van der Waals surface area contributed by atoms with Crippen LogP contribution >= 0.6 is 0 Å². The third kappa shape index (κ3) is 3.29. The van der Waals surface area contributed by atoms with Crippen molar-refractivity contribution in [3.05, 3.63) is 89.5 Å². The largest absolute Gasteiger partial charge is 0.508 e. The maximum atomic E-state index is 10.2. The van der Waals surface area contributed by atoms with Gasteiger partial charge in [0.25, 0.3) is 0 Å². The Morgan fingerprint density at radius 3 is 1.91 bits per heavy atom. The molecule has 0 fully saturated rings. The molecule has 0 saturated heterocycles. The molecule has 3 aromatic carbocycles. The summed E-state index contributed by atoms with van der Waals surface area (Å²) in [6, 6.07) is 21.4. The Balaban J connectivity index is 2.05. The third-order valence-corrected chi connectivity index (χ3v) is 4.02. The predicted octanol–water partition coefficient (Wildman–Crippen LogP) is 4.18. The molecule has 0 radical (unpaired) electrons. The fourth-order valence-corrected chi connectivity index (χ4v) is 2.80. The Morgan fingerprint density at radius 2 is 1.26 bits per heavy atom. The molecule has 3 aromatic rings. The van der Waals surface area contributed by atoms with E-state index < -0.39 is 0 Å². The van der Waals surface area contributed by atoms with Crippen LogP contribution in [0.4, 0.5) is 0 Å². The summed E-state index contributed by atoms with van der Waals surface area (Å²) in [6.07, 6.45) is 0.551. The van der Waals surface area contributed by atoms with Gasteiger partial charge in [-0.25, -0.2) is 0 Å². The number of hydrogen-bond donors (Lipinski definition) is 3. The van der Waals surface area contributed by atoms with Crippen molar-refractivity contribution in [2.75, 3.05) is 0 Å². The molecule has 0 bridgehead atoms. The summed E-state index contributed by atoms with van der Waals surface area (Å²) in [7, 11) is 0. The molecule has 116 valence electrons. The first-order valence-corrected chi connectivity index (χ1v) is 7.49. The average Bonchev–Trinajstić information content (AvgIpc) is 2.56. The van der Waals surface area contributed by atoms with Crippen LogP contribution in [-0.2, 0) is 6.42 Å². The van der Waals surface area contributed by atoms with Gasteiger partial charge in [-0.05, 0) is 41.8 Å². The van der Waals surface area contributed by atoms with Gasteiger partial charge in [0.15, 0.2) is 0 Å². The number of rotatable bonds is 4. The number of phenolic OH excluding ortho intramolecular Hbond substituents is 3. The molecule has 0 aliphatic carbocycles. The van der Waals surface area contributed by atoms with Gasteiger partial charge < -0.3 is 15.3 Å². The van der Waals surface area contributed by atoms with E-state index in [1.165, 1.54) is 0 Å². The predicted molar refractivity (Wildman–Crippen MR) is 89.9 cm³/mol. The first kappa shape index (κ1) is 15.0. The van der Waals surface area contributed by atoms with Crippen molar-refractivity contribution in [2.45, 2.75) is 12.3 Å². The van der Waals surface area contributed by atoms with Crippen LogP contribution in [0.15, 0.2) is 72.8 Å². The minimum atomic E-state index is -0.120. The summed E-state index contributed by atoms with van der Waals surface area (Å²) in [5.41, 5.74) is 2.57. The molecule has 3 N–H and O–H groups in total. The SMILES string of the molecule is Oc1ccc(C(Cc2ccccc2O)c2ccccc2O)cc1. The van der Waals surface area contributed by atoms with E-state index in [2.05, 4.69) is 0 Å². The first-order valence-electron chi connectivity index (χ1n) is 7.49. The maximum Gasteiger partial charge on any atom is 0.119 e. The van der Waals surface area contributed by atoms with Crippen molar-refractivity contribution in [1.82, 2.24) is 0 Å². The van der Waals surface area contributed by atoms with Crippen molar-refractivity contribution < 1.29 is 15.3 Å². The van der Waals surface area contributed by atoms with E-state index >= 15 is 0 Å². The highest BCUT2D eigenvalue weighted by molar-refractivity contribution is 5.45. The molecule has 0 aliphatic heterocycles. The van der Waals surface area contributed by atoms with E-state index in [1.54, 1.807) is 36.4 Å². The van der Waals surface area contributed by atoms with Crippen LogP contribution in [-0.4, -0.2) is 15.3 Å². The Bertz CT molecular complexity index is 794. The minimum absolute atomic E-state index is 0.120. The molecule has 3 heteroatoms. The van der Waals surface area contributed by atoms with E-state index in [1.807, 2.05) is 36.4 Å². The summed E-state index contributed by atoms with van der Waals surface area (Å²) in [6.45, 7) is 0. The number of benzene rings is 3. The Hall–Kier alpha value is -2.94. The summed E-state index contributed by atoms with van der Waals surface area (Å²) in [4.78, 5) is 0. The molecule has 1 unspecified atom stereocenters. The monoisotopic (exact) mass is 306 g/mol. The van der Waals surface area contributed by atoms with Crippen molar-refractivity contribution in [1.29, 1.82) is 0 Å². The number of aromatic hydroxyl groups is 3. The van der Waals surface area contributed by atoms with Gasteiger partial charge in [0, 0.05) is 11.5 Å². The average molecular weight is 306 g/mol. The second-order valence-electron chi connectivity index (χ2n) is 5.54. The Kier molecular flexibility index (Phi) is 4.20. The van der Waals surface area contributed by atoms with Crippen molar-refractivity contribution in [3.63, 3.8) is 0 Å². The van der Waals surface area contributed by atoms with Crippen LogP contribution in [0, 0.1) is 0 Å². The topological polar surface area (TPSA) is 60.7 Å². The van der Waals surface area contributed by atoms with E-state index in [-0.39, 0.29) is 23.2 Å². The molecule has 23 heavy (non-hydrogen) atoms. The summed E-state index contributed by atoms with van der Waals surface area (Å²) in [5, 5.41) is 29.8. The van der Waals surface area contributed by atoms with E-state index in [0.717, 1.165) is 16.7 Å². The molecule has 3 rings (SSSR count). The van der Waals surface area contributed by atoms with Crippen LogP contribution in [0.3, 0.4) is 0 Å².